The summed E-state index contributed by atoms with van der Waals surface area (Å²) in [6.45, 7) is 2.08. The summed E-state index contributed by atoms with van der Waals surface area (Å²) in [7, 11) is 1.64. The van der Waals surface area contributed by atoms with Crippen LogP contribution in [0.5, 0.6) is 5.75 Å². The van der Waals surface area contributed by atoms with E-state index in [2.05, 4.69) is 17.6 Å². The van der Waals surface area contributed by atoms with Gasteiger partial charge in [-0.25, -0.2) is 5.48 Å². The van der Waals surface area contributed by atoms with E-state index >= 15 is 0 Å². The first-order valence-corrected chi connectivity index (χ1v) is 5.96. The minimum Gasteiger partial charge on any atom is -0.496 e. The summed E-state index contributed by atoms with van der Waals surface area (Å²) in [6.07, 6.45) is 2.14. The lowest BCUT2D eigenvalue weighted by atomic mass is 9.90. The summed E-state index contributed by atoms with van der Waals surface area (Å²) in [6, 6.07) is 6.19. The van der Waals surface area contributed by atoms with Gasteiger partial charge in [-0.15, -0.1) is 0 Å². The molecule has 0 radical (unpaired) electrons. The fourth-order valence-corrected chi connectivity index (χ4v) is 2.31. The number of hydrogen-bond acceptors (Lipinski definition) is 4. The lowest BCUT2D eigenvalue weighted by Crippen LogP contribution is -2.15. The van der Waals surface area contributed by atoms with E-state index in [4.69, 9.17) is 14.7 Å². The molecule has 0 atom stereocenters. The van der Waals surface area contributed by atoms with Crippen molar-refractivity contribution in [3.8, 4) is 5.75 Å². The molecule has 0 unspecified atom stereocenters. The third kappa shape index (κ3) is 2.97. The van der Waals surface area contributed by atoms with Crippen LogP contribution in [0.3, 0.4) is 0 Å². The van der Waals surface area contributed by atoms with Crippen LogP contribution in [-0.4, -0.2) is 25.5 Å². The van der Waals surface area contributed by atoms with Gasteiger partial charge in [-0.2, -0.15) is 0 Å². The lowest BCUT2D eigenvalue weighted by Gasteiger charge is -2.23. The summed E-state index contributed by atoms with van der Waals surface area (Å²) in [4.78, 5) is 0. The predicted molar refractivity (Wildman–Crippen MR) is 64.4 cm³/mol. The van der Waals surface area contributed by atoms with Gasteiger partial charge in [0.1, 0.15) is 5.75 Å². The van der Waals surface area contributed by atoms with Gasteiger partial charge in [0.25, 0.3) is 0 Å². The molecule has 94 valence electrons. The maximum Gasteiger partial charge on any atom is 0.123 e. The molecule has 1 aliphatic heterocycles. The van der Waals surface area contributed by atoms with E-state index in [1.165, 1.54) is 5.56 Å². The average molecular weight is 237 g/mol. The molecule has 0 saturated carbocycles. The molecule has 4 nitrogen and oxygen atoms in total. The summed E-state index contributed by atoms with van der Waals surface area (Å²) >= 11 is 0. The standard InChI is InChI=1S/C13H19NO3/c1-16-13-3-2-11(8-12(13)9-14-15)10-4-6-17-7-5-10/h2-3,8,10,14-15H,4-7,9H2,1H3. The molecule has 0 amide bonds. The van der Waals surface area contributed by atoms with Crippen molar-refractivity contribution in [2.24, 2.45) is 0 Å². The summed E-state index contributed by atoms with van der Waals surface area (Å²) in [5.74, 6) is 1.37. The van der Waals surface area contributed by atoms with Crippen LogP contribution in [0.1, 0.15) is 29.9 Å². The molecule has 0 aliphatic carbocycles. The number of nitrogens with one attached hydrogen (secondary N) is 1. The minimum absolute atomic E-state index is 0.403. The van der Waals surface area contributed by atoms with E-state index in [-0.39, 0.29) is 0 Å². The van der Waals surface area contributed by atoms with Crippen molar-refractivity contribution in [3.05, 3.63) is 29.3 Å². The molecule has 0 spiro atoms. The number of methoxy groups -OCH3 is 1. The van der Waals surface area contributed by atoms with Crippen LogP contribution < -0.4 is 10.2 Å². The Bertz CT molecular complexity index is 362. The maximum atomic E-state index is 8.82. The topological polar surface area (TPSA) is 50.7 Å². The smallest absolute Gasteiger partial charge is 0.123 e. The van der Waals surface area contributed by atoms with E-state index in [1.54, 1.807) is 7.11 Å². The molecule has 2 N–H and O–H groups in total. The fourth-order valence-electron chi connectivity index (χ4n) is 2.31. The second-order valence-electron chi connectivity index (χ2n) is 4.29. The summed E-state index contributed by atoms with van der Waals surface area (Å²) < 4.78 is 10.6. The Hall–Kier alpha value is -1.10. The highest BCUT2D eigenvalue weighted by Gasteiger charge is 2.17. The molecule has 1 aromatic rings. The number of hydrogen-bond donors (Lipinski definition) is 2. The highest BCUT2D eigenvalue weighted by molar-refractivity contribution is 5.38. The van der Waals surface area contributed by atoms with Gasteiger partial charge in [-0.3, -0.25) is 0 Å². The number of benzene rings is 1. The van der Waals surface area contributed by atoms with E-state index < -0.39 is 0 Å². The molecular formula is C13H19NO3. The predicted octanol–water partition coefficient (Wildman–Crippen LogP) is 2.07. The van der Waals surface area contributed by atoms with Crippen LogP contribution in [0.25, 0.3) is 0 Å². The molecule has 1 aliphatic rings. The van der Waals surface area contributed by atoms with Crippen molar-refractivity contribution in [2.75, 3.05) is 20.3 Å². The number of hydroxylamine groups is 1. The number of ether oxygens (including phenoxy) is 2. The van der Waals surface area contributed by atoms with Crippen molar-refractivity contribution in [1.82, 2.24) is 5.48 Å². The lowest BCUT2D eigenvalue weighted by molar-refractivity contribution is 0.0853. The number of rotatable bonds is 4. The first-order chi connectivity index (χ1) is 8.35. The van der Waals surface area contributed by atoms with E-state index in [0.29, 0.717) is 12.5 Å². The van der Waals surface area contributed by atoms with Gasteiger partial charge in [0, 0.05) is 25.3 Å². The van der Waals surface area contributed by atoms with E-state index in [0.717, 1.165) is 37.4 Å². The molecular weight excluding hydrogens is 218 g/mol. The van der Waals surface area contributed by atoms with E-state index in [9.17, 15) is 0 Å². The molecule has 1 aromatic carbocycles. The molecule has 4 heteroatoms. The monoisotopic (exact) mass is 237 g/mol. The summed E-state index contributed by atoms with van der Waals surface area (Å²) in [5, 5.41) is 8.82. The molecule has 1 fully saturated rings. The van der Waals surface area contributed by atoms with Crippen LogP contribution >= 0.6 is 0 Å². The Morgan fingerprint density at radius 2 is 2.18 bits per heavy atom. The van der Waals surface area contributed by atoms with Crippen molar-refractivity contribution in [2.45, 2.75) is 25.3 Å². The van der Waals surface area contributed by atoms with Gasteiger partial charge in [0.05, 0.1) is 7.11 Å². The molecule has 1 saturated heterocycles. The second kappa shape index (κ2) is 6.00. The molecule has 1 heterocycles. The highest BCUT2D eigenvalue weighted by atomic mass is 16.5. The zero-order chi connectivity index (χ0) is 12.1. The third-order valence-electron chi connectivity index (χ3n) is 3.27. The maximum absolute atomic E-state index is 8.82. The van der Waals surface area contributed by atoms with Crippen molar-refractivity contribution in [3.63, 3.8) is 0 Å². The van der Waals surface area contributed by atoms with Gasteiger partial charge in [0.2, 0.25) is 0 Å². The first-order valence-electron chi connectivity index (χ1n) is 5.96. The highest BCUT2D eigenvalue weighted by Crippen LogP contribution is 2.30. The van der Waals surface area contributed by atoms with Crippen LogP contribution in [0.2, 0.25) is 0 Å². The van der Waals surface area contributed by atoms with Gasteiger partial charge >= 0.3 is 0 Å². The fraction of sp³-hybridized carbons (Fsp3) is 0.538. The quantitative estimate of drug-likeness (QED) is 0.787. The zero-order valence-electron chi connectivity index (χ0n) is 10.1. The molecule has 0 bridgehead atoms. The SMILES string of the molecule is COc1ccc(C2CCOCC2)cc1CNO. The Labute approximate surface area is 102 Å². The Morgan fingerprint density at radius 1 is 1.41 bits per heavy atom. The molecule has 17 heavy (non-hydrogen) atoms. The minimum atomic E-state index is 0.403. The van der Waals surface area contributed by atoms with Crippen molar-refractivity contribution < 1.29 is 14.7 Å². The second-order valence-corrected chi connectivity index (χ2v) is 4.29. The Balaban J connectivity index is 2.19. The Kier molecular flexibility index (Phi) is 4.36. The largest absolute Gasteiger partial charge is 0.496 e. The third-order valence-corrected chi connectivity index (χ3v) is 3.27. The molecule has 2 rings (SSSR count). The van der Waals surface area contributed by atoms with Crippen LogP contribution in [0, 0.1) is 0 Å². The summed E-state index contributed by atoms with van der Waals surface area (Å²) in [5.41, 5.74) is 4.47. The molecule has 0 aromatic heterocycles. The van der Waals surface area contributed by atoms with Gasteiger partial charge in [-0.1, -0.05) is 12.1 Å². The van der Waals surface area contributed by atoms with Crippen molar-refractivity contribution >= 4 is 0 Å². The zero-order valence-corrected chi connectivity index (χ0v) is 10.1. The van der Waals surface area contributed by atoms with Crippen LogP contribution in [0.4, 0.5) is 0 Å². The van der Waals surface area contributed by atoms with Gasteiger partial charge < -0.3 is 14.7 Å². The Morgan fingerprint density at radius 3 is 2.82 bits per heavy atom. The van der Waals surface area contributed by atoms with Crippen molar-refractivity contribution in [1.29, 1.82) is 0 Å². The van der Waals surface area contributed by atoms with E-state index in [1.807, 2.05) is 6.07 Å². The van der Waals surface area contributed by atoms with Crippen LogP contribution in [-0.2, 0) is 11.3 Å². The van der Waals surface area contributed by atoms with Crippen LogP contribution in [0.15, 0.2) is 18.2 Å². The average Bonchev–Trinajstić information content (AvgIpc) is 2.40. The first kappa shape index (κ1) is 12.4. The normalized spacial score (nSPS) is 17.1. The van der Waals surface area contributed by atoms with Gasteiger partial charge in [0.15, 0.2) is 0 Å². The van der Waals surface area contributed by atoms with Gasteiger partial charge in [-0.05, 0) is 30.4 Å².